The molecule has 1 unspecified atom stereocenters. The molecule has 0 aromatic heterocycles. The molecule has 1 aliphatic heterocycles. The van der Waals surface area contributed by atoms with E-state index in [1.54, 1.807) is 13.8 Å². The van der Waals surface area contributed by atoms with Crippen LogP contribution in [0, 0.1) is 17.3 Å². The van der Waals surface area contributed by atoms with Crippen LogP contribution in [0.25, 0.3) is 16.9 Å². The average molecular weight is 630 g/mol. The number of aliphatic hydroxyl groups excluding tert-OH is 2. The summed E-state index contributed by atoms with van der Waals surface area (Å²) in [5, 5.41) is 46.3. The largest absolute Gasteiger partial charge is 0.508 e. The number of aromatic hydroxyl groups is 1. The molecule has 0 radical (unpaired) electrons. The monoisotopic (exact) mass is 629 g/mol. The summed E-state index contributed by atoms with van der Waals surface area (Å²) in [6.45, 7) is 11.1. The second-order valence-corrected chi connectivity index (χ2v) is 13.5. The molecule has 2 fully saturated rings. The lowest BCUT2D eigenvalue weighted by molar-refractivity contribution is -0.156. The van der Waals surface area contributed by atoms with E-state index in [0.29, 0.717) is 18.8 Å². The Morgan fingerprint density at radius 2 is 1.74 bits per heavy atom. The van der Waals surface area contributed by atoms with Crippen LogP contribution in [-0.4, -0.2) is 74.6 Å². The number of morpholine rings is 1. The first-order chi connectivity index (χ1) is 21.9. The molecule has 0 amide bonds. The predicted molar refractivity (Wildman–Crippen MR) is 172 cm³/mol. The lowest BCUT2D eigenvalue weighted by Gasteiger charge is -2.53. The number of phenols is 1. The number of ether oxygens (including phenoxy) is 1. The SMILES string of the molecule is CCC(=O)C1=C(O)[C@@]2(O)C(=O)C3=C(O)c4c(O)ccc(-c5cc(CN6CCOCC6)ccc5CC)c4C[C@@]3(C)CC2[C@H](CC)C1=O. The maximum Gasteiger partial charge on any atom is 0.202 e. The third-order valence-corrected chi connectivity index (χ3v) is 10.8. The predicted octanol–water partition coefficient (Wildman–Crippen LogP) is 5.01. The highest BCUT2D eigenvalue weighted by molar-refractivity contribution is 6.24. The molecule has 2 aromatic carbocycles. The van der Waals surface area contributed by atoms with Crippen molar-refractivity contribution >= 4 is 23.1 Å². The zero-order chi connectivity index (χ0) is 33.1. The summed E-state index contributed by atoms with van der Waals surface area (Å²) in [7, 11) is 0. The maximum atomic E-state index is 14.4. The summed E-state index contributed by atoms with van der Waals surface area (Å²) in [5.41, 5.74) is 0.603. The number of ketones is 3. The van der Waals surface area contributed by atoms with Gasteiger partial charge in [-0.25, -0.2) is 0 Å². The van der Waals surface area contributed by atoms with Gasteiger partial charge in [0.15, 0.2) is 17.2 Å². The van der Waals surface area contributed by atoms with Crippen LogP contribution in [0.15, 0.2) is 47.2 Å². The van der Waals surface area contributed by atoms with Gasteiger partial charge in [-0.1, -0.05) is 45.9 Å². The number of hydrogen-bond acceptors (Lipinski definition) is 9. The number of fused-ring (bicyclic) bond motifs is 3. The first-order valence-electron chi connectivity index (χ1n) is 16.4. The molecule has 4 aliphatic rings. The van der Waals surface area contributed by atoms with Gasteiger partial charge in [0.1, 0.15) is 22.8 Å². The zero-order valence-electron chi connectivity index (χ0n) is 27.0. The van der Waals surface area contributed by atoms with Crippen molar-refractivity contribution in [2.75, 3.05) is 26.3 Å². The highest BCUT2D eigenvalue weighted by Crippen LogP contribution is 2.59. The van der Waals surface area contributed by atoms with E-state index in [0.717, 1.165) is 48.3 Å². The van der Waals surface area contributed by atoms with Gasteiger partial charge in [-0.2, -0.15) is 0 Å². The van der Waals surface area contributed by atoms with Crippen LogP contribution in [0.1, 0.15) is 69.2 Å². The Hall–Kier alpha value is -3.79. The molecule has 1 saturated heterocycles. The van der Waals surface area contributed by atoms with Crippen LogP contribution < -0.4 is 0 Å². The van der Waals surface area contributed by atoms with E-state index in [1.165, 1.54) is 6.07 Å². The van der Waals surface area contributed by atoms with Crippen molar-refractivity contribution in [3.63, 3.8) is 0 Å². The zero-order valence-corrected chi connectivity index (χ0v) is 27.0. The molecule has 0 spiro atoms. The van der Waals surface area contributed by atoms with E-state index < -0.39 is 57.3 Å². The Morgan fingerprint density at radius 1 is 1.02 bits per heavy atom. The molecule has 9 heteroatoms. The summed E-state index contributed by atoms with van der Waals surface area (Å²) in [6, 6.07) is 9.76. The normalized spacial score (nSPS) is 28.2. The number of carbonyl (C=O) groups is 3. The minimum Gasteiger partial charge on any atom is -0.508 e. The minimum atomic E-state index is -2.55. The van der Waals surface area contributed by atoms with Crippen LogP contribution in [0.3, 0.4) is 0 Å². The number of nitrogens with zero attached hydrogens (tertiary/aromatic N) is 1. The van der Waals surface area contributed by atoms with Crippen molar-refractivity contribution in [3.05, 3.63) is 69.5 Å². The van der Waals surface area contributed by atoms with Crippen molar-refractivity contribution < 1.29 is 39.5 Å². The van der Waals surface area contributed by atoms with Gasteiger partial charge in [-0.15, -0.1) is 0 Å². The first kappa shape index (κ1) is 32.2. The Kier molecular flexibility index (Phi) is 8.24. The summed E-state index contributed by atoms with van der Waals surface area (Å²) >= 11 is 0. The third kappa shape index (κ3) is 4.74. The molecule has 6 rings (SSSR count). The van der Waals surface area contributed by atoms with Crippen LogP contribution in [0.5, 0.6) is 5.75 Å². The molecular formula is C37H43NO8. The van der Waals surface area contributed by atoms with E-state index in [1.807, 2.05) is 13.0 Å². The summed E-state index contributed by atoms with van der Waals surface area (Å²) in [6.07, 6.45) is 1.27. The number of carbonyl (C=O) groups excluding carboxylic acids is 3. The fourth-order valence-electron chi connectivity index (χ4n) is 8.38. The Morgan fingerprint density at radius 3 is 2.39 bits per heavy atom. The van der Waals surface area contributed by atoms with Gasteiger partial charge in [-0.3, -0.25) is 19.3 Å². The van der Waals surface area contributed by atoms with Crippen molar-refractivity contribution in [3.8, 4) is 16.9 Å². The molecule has 1 saturated carbocycles. The molecule has 244 valence electrons. The van der Waals surface area contributed by atoms with Gasteiger partial charge in [0.25, 0.3) is 0 Å². The Balaban J connectivity index is 1.52. The van der Waals surface area contributed by atoms with Gasteiger partial charge in [-0.05, 0) is 65.6 Å². The van der Waals surface area contributed by atoms with E-state index in [4.69, 9.17) is 4.74 Å². The molecule has 3 aliphatic carbocycles. The van der Waals surface area contributed by atoms with Crippen molar-refractivity contribution in [1.29, 1.82) is 0 Å². The van der Waals surface area contributed by atoms with E-state index in [9.17, 15) is 34.8 Å². The van der Waals surface area contributed by atoms with Gasteiger partial charge in [0, 0.05) is 48.9 Å². The molecule has 4 atom stereocenters. The van der Waals surface area contributed by atoms with Gasteiger partial charge >= 0.3 is 0 Å². The van der Waals surface area contributed by atoms with Gasteiger partial charge in [0.2, 0.25) is 5.78 Å². The van der Waals surface area contributed by atoms with E-state index in [-0.39, 0.29) is 42.6 Å². The Bertz CT molecular complexity index is 1700. The molecule has 2 aromatic rings. The van der Waals surface area contributed by atoms with Gasteiger partial charge < -0.3 is 25.2 Å². The second kappa shape index (κ2) is 11.8. The van der Waals surface area contributed by atoms with E-state index >= 15 is 0 Å². The van der Waals surface area contributed by atoms with Crippen LogP contribution in [0.2, 0.25) is 0 Å². The third-order valence-electron chi connectivity index (χ3n) is 10.8. The molecule has 4 N–H and O–H groups in total. The van der Waals surface area contributed by atoms with Crippen LogP contribution >= 0.6 is 0 Å². The number of aliphatic hydroxyl groups is 3. The van der Waals surface area contributed by atoms with Crippen molar-refractivity contribution in [1.82, 2.24) is 4.90 Å². The van der Waals surface area contributed by atoms with Crippen LogP contribution in [0.4, 0.5) is 0 Å². The lowest BCUT2D eigenvalue weighted by atomic mass is 9.50. The quantitative estimate of drug-likeness (QED) is 0.311. The molecule has 1 heterocycles. The summed E-state index contributed by atoms with van der Waals surface area (Å²) in [4.78, 5) is 43.1. The highest BCUT2D eigenvalue weighted by Gasteiger charge is 2.65. The minimum absolute atomic E-state index is 0.0837. The number of rotatable bonds is 7. The molecule has 0 bridgehead atoms. The molecule has 9 nitrogen and oxygen atoms in total. The fraction of sp³-hybridized carbons (Fsp3) is 0.486. The smallest absolute Gasteiger partial charge is 0.202 e. The second-order valence-electron chi connectivity index (χ2n) is 13.5. The molecule has 46 heavy (non-hydrogen) atoms. The Labute approximate surface area is 269 Å². The standard InChI is InChI=1S/C37H43NO8/c1-5-21-9-8-20(19-38-12-14-46-15-13-38)16-24(21)23-10-11-28(40)29-25(23)17-36(4)18-26-22(6-2)32(41)30(27(39)7-3)34(43)37(26,45)35(44)31(36)33(29)42/h8-11,16,22,26,40,42-43,45H,5-7,12-15,17-19H2,1-4H3/t22-,26?,36-,37+/m0/s1. The van der Waals surface area contributed by atoms with Crippen molar-refractivity contribution in [2.24, 2.45) is 17.3 Å². The average Bonchev–Trinajstić information content (AvgIpc) is 3.03. The van der Waals surface area contributed by atoms with E-state index in [2.05, 4.69) is 30.0 Å². The van der Waals surface area contributed by atoms with Crippen molar-refractivity contribution in [2.45, 2.75) is 71.9 Å². The topological polar surface area (TPSA) is 145 Å². The maximum absolute atomic E-state index is 14.4. The lowest BCUT2D eigenvalue weighted by Crippen LogP contribution is -2.63. The number of aryl methyl sites for hydroxylation is 1. The number of benzene rings is 2. The number of allylic oxidation sites excluding steroid dienone is 1. The van der Waals surface area contributed by atoms with Crippen LogP contribution in [-0.2, 0) is 38.5 Å². The molecular weight excluding hydrogens is 586 g/mol. The number of hydrogen-bond donors (Lipinski definition) is 4. The summed E-state index contributed by atoms with van der Waals surface area (Å²) < 4.78 is 5.51. The number of Topliss-reactive ketones (excluding diaryl/α,β-unsaturated/α-hetero) is 3. The summed E-state index contributed by atoms with van der Waals surface area (Å²) in [5.74, 6) is -5.61. The fourth-order valence-corrected chi connectivity index (χ4v) is 8.38. The first-order valence-corrected chi connectivity index (χ1v) is 16.4. The van der Waals surface area contributed by atoms with Gasteiger partial charge in [0.05, 0.1) is 18.8 Å². The number of phenolic OH excluding ortho intramolecular Hbond substituents is 1. The highest BCUT2D eigenvalue weighted by atomic mass is 16.5.